The van der Waals surface area contributed by atoms with E-state index in [1.807, 2.05) is 5.38 Å². The highest BCUT2D eigenvalue weighted by Crippen LogP contribution is 2.26. The van der Waals surface area contributed by atoms with Crippen LogP contribution in [0.1, 0.15) is 27.7 Å². The first-order valence-corrected chi connectivity index (χ1v) is 6.82. The minimum absolute atomic E-state index is 0.311. The molecule has 2 rings (SSSR count). The van der Waals surface area contributed by atoms with E-state index in [0.717, 1.165) is 11.3 Å². The molecule has 2 aromatic rings. The summed E-state index contributed by atoms with van der Waals surface area (Å²) in [7, 11) is 0. The summed E-state index contributed by atoms with van der Waals surface area (Å²) in [5.74, 6) is -0.692. The molecule has 0 bridgehead atoms. The Balaban J connectivity index is 2.42. The van der Waals surface area contributed by atoms with Gasteiger partial charge in [-0.05, 0) is 36.9 Å². The SMILES string of the molecule is Cc1cc(C)c(C#N)c(NC(C(=O)O)c2cccs2)n1. The summed E-state index contributed by atoms with van der Waals surface area (Å²) in [5.41, 5.74) is 1.88. The number of hydrogen-bond donors (Lipinski definition) is 2. The number of nitrogens with one attached hydrogen (secondary N) is 1. The Hall–Kier alpha value is -2.39. The molecule has 1 unspecified atom stereocenters. The largest absolute Gasteiger partial charge is 0.479 e. The van der Waals surface area contributed by atoms with E-state index >= 15 is 0 Å². The molecule has 0 spiro atoms. The summed E-state index contributed by atoms with van der Waals surface area (Å²) in [6.07, 6.45) is 0. The second-order valence-electron chi connectivity index (χ2n) is 4.35. The molecule has 102 valence electrons. The molecule has 6 heteroatoms. The van der Waals surface area contributed by atoms with Crippen LogP contribution in [0.15, 0.2) is 23.6 Å². The maximum atomic E-state index is 11.4. The molecule has 1 atom stereocenters. The number of rotatable bonds is 4. The predicted octanol–water partition coefficient (Wildman–Crippen LogP) is 2.87. The second kappa shape index (κ2) is 5.72. The Morgan fingerprint density at radius 3 is 2.85 bits per heavy atom. The number of anilines is 1. The van der Waals surface area contributed by atoms with Gasteiger partial charge in [-0.2, -0.15) is 5.26 Å². The Morgan fingerprint density at radius 1 is 1.55 bits per heavy atom. The fraction of sp³-hybridized carbons (Fsp3) is 0.214. The third-order valence-electron chi connectivity index (χ3n) is 2.81. The molecule has 0 amide bonds. The van der Waals surface area contributed by atoms with Crippen molar-refractivity contribution in [2.75, 3.05) is 5.32 Å². The fourth-order valence-corrected chi connectivity index (χ4v) is 2.70. The number of nitrogens with zero attached hydrogens (tertiary/aromatic N) is 2. The lowest BCUT2D eigenvalue weighted by Gasteiger charge is -2.16. The summed E-state index contributed by atoms with van der Waals surface area (Å²) in [5, 5.41) is 23.2. The lowest BCUT2D eigenvalue weighted by molar-refractivity contribution is -0.138. The molecule has 2 heterocycles. The van der Waals surface area contributed by atoms with E-state index in [1.165, 1.54) is 11.3 Å². The molecule has 2 aromatic heterocycles. The van der Waals surface area contributed by atoms with Crippen LogP contribution in [-0.2, 0) is 4.79 Å². The van der Waals surface area contributed by atoms with Crippen LogP contribution in [0.25, 0.3) is 0 Å². The minimum atomic E-state index is -1.00. The van der Waals surface area contributed by atoms with E-state index in [0.29, 0.717) is 16.3 Å². The summed E-state index contributed by atoms with van der Waals surface area (Å²) < 4.78 is 0. The summed E-state index contributed by atoms with van der Waals surface area (Å²) in [6.45, 7) is 3.61. The Bertz CT molecular complexity index is 674. The highest BCUT2D eigenvalue weighted by molar-refractivity contribution is 7.10. The molecule has 0 aliphatic heterocycles. The van der Waals surface area contributed by atoms with Crippen LogP contribution in [-0.4, -0.2) is 16.1 Å². The number of pyridine rings is 1. The predicted molar refractivity (Wildman–Crippen MR) is 76.7 cm³/mol. The number of carbonyl (C=O) groups is 1. The van der Waals surface area contributed by atoms with Crippen LogP contribution in [0.2, 0.25) is 0 Å². The van der Waals surface area contributed by atoms with E-state index in [9.17, 15) is 15.2 Å². The molecule has 0 fully saturated rings. The molecular formula is C14H13N3O2S. The Kier molecular flexibility index (Phi) is 4.01. The van der Waals surface area contributed by atoms with Crippen LogP contribution in [0.5, 0.6) is 0 Å². The highest BCUT2D eigenvalue weighted by atomic mass is 32.1. The van der Waals surface area contributed by atoms with Crippen molar-refractivity contribution >= 4 is 23.1 Å². The van der Waals surface area contributed by atoms with Crippen molar-refractivity contribution in [2.24, 2.45) is 0 Å². The molecule has 0 aliphatic rings. The van der Waals surface area contributed by atoms with E-state index in [4.69, 9.17) is 0 Å². The maximum absolute atomic E-state index is 11.4. The normalized spacial score (nSPS) is 11.7. The van der Waals surface area contributed by atoms with Crippen molar-refractivity contribution in [1.29, 1.82) is 5.26 Å². The quantitative estimate of drug-likeness (QED) is 0.903. The van der Waals surface area contributed by atoms with Gasteiger partial charge in [-0.15, -0.1) is 11.3 Å². The molecule has 20 heavy (non-hydrogen) atoms. The first kappa shape index (κ1) is 14.0. The van der Waals surface area contributed by atoms with Gasteiger partial charge in [-0.25, -0.2) is 9.78 Å². The number of hydrogen-bond acceptors (Lipinski definition) is 5. The zero-order chi connectivity index (χ0) is 14.7. The lowest BCUT2D eigenvalue weighted by Crippen LogP contribution is -2.21. The van der Waals surface area contributed by atoms with Gasteiger partial charge in [0.1, 0.15) is 11.9 Å². The van der Waals surface area contributed by atoms with Gasteiger partial charge in [0.25, 0.3) is 0 Å². The number of aromatic nitrogens is 1. The van der Waals surface area contributed by atoms with Crippen molar-refractivity contribution in [1.82, 2.24) is 4.98 Å². The van der Waals surface area contributed by atoms with Crippen molar-refractivity contribution < 1.29 is 9.90 Å². The van der Waals surface area contributed by atoms with Gasteiger partial charge in [0, 0.05) is 10.6 Å². The van der Waals surface area contributed by atoms with Crippen LogP contribution in [0.4, 0.5) is 5.82 Å². The zero-order valence-corrected chi connectivity index (χ0v) is 11.9. The summed E-state index contributed by atoms with van der Waals surface area (Å²) in [4.78, 5) is 16.3. The fourth-order valence-electron chi connectivity index (χ4n) is 1.93. The van der Waals surface area contributed by atoms with Gasteiger partial charge >= 0.3 is 5.97 Å². The third-order valence-corrected chi connectivity index (χ3v) is 3.75. The third kappa shape index (κ3) is 2.78. The Morgan fingerprint density at radius 2 is 2.30 bits per heavy atom. The topological polar surface area (TPSA) is 86.0 Å². The summed E-state index contributed by atoms with van der Waals surface area (Å²) in [6, 6.07) is 6.49. The van der Waals surface area contributed by atoms with E-state index < -0.39 is 12.0 Å². The molecule has 0 aromatic carbocycles. The maximum Gasteiger partial charge on any atom is 0.331 e. The van der Waals surface area contributed by atoms with Crippen molar-refractivity contribution in [3.63, 3.8) is 0 Å². The molecular weight excluding hydrogens is 274 g/mol. The number of carboxylic acid groups (broad SMARTS) is 1. The minimum Gasteiger partial charge on any atom is -0.479 e. The highest BCUT2D eigenvalue weighted by Gasteiger charge is 2.23. The molecule has 2 N–H and O–H groups in total. The van der Waals surface area contributed by atoms with Gasteiger partial charge < -0.3 is 10.4 Å². The van der Waals surface area contributed by atoms with Crippen LogP contribution in [0, 0.1) is 25.2 Å². The number of aliphatic carboxylic acids is 1. The first-order valence-electron chi connectivity index (χ1n) is 5.94. The van der Waals surface area contributed by atoms with Gasteiger partial charge in [-0.1, -0.05) is 6.07 Å². The number of carboxylic acids is 1. The second-order valence-corrected chi connectivity index (χ2v) is 5.33. The summed E-state index contributed by atoms with van der Waals surface area (Å²) >= 11 is 1.35. The molecule has 0 saturated heterocycles. The smallest absolute Gasteiger partial charge is 0.331 e. The van der Waals surface area contributed by atoms with E-state index in [-0.39, 0.29) is 0 Å². The standard InChI is InChI=1S/C14H13N3O2S/c1-8-6-9(2)16-13(10(8)7-15)17-12(14(18)19)11-4-3-5-20-11/h3-6,12H,1-2H3,(H,16,17)(H,18,19). The van der Waals surface area contributed by atoms with Gasteiger partial charge in [0.15, 0.2) is 6.04 Å². The first-order chi connectivity index (χ1) is 9.52. The molecule has 5 nitrogen and oxygen atoms in total. The average molecular weight is 287 g/mol. The van der Waals surface area contributed by atoms with Crippen LogP contribution in [0.3, 0.4) is 0 Å². The van der Waals surface area contributed by atoms with Gasteiger partial charge in [-0.3, -0.25) is 0 Å². The average Bonchev–Trinajstić information content (AvgIpc) is 2.88. The van der Waals surface area contributed by atoms with Crippen LogP contribution >= 0.6 is 11.3 Å². The van der Waals surface area contributed by atoms with Crippen molar-refractivity contribution in [2.45, 2.75) is 19.9 Å². The molecule has 0 radical (unpaired) electrons. The molecule has 0 saturated carbocycles. The van der Waals surface area contributed by atoms with Crippen molar-refractivity contribution in [3.05, 3.63) is 45.3 Å². The number of thiophene rings is 1. The Labute approximate surface area is 120 Å². The number of nitriles is 1. The van der Waals surface area contributed by atoms with E-state index in [2.05, 4.69) is 16.4 Å². The van der Waals surface area contributed by atoms with Gasteiger partial charge in [0.05, 0.1) is 5.56 Å². The zero-order valence-electron chi connectivity index (χ0n) is 11.0. The lowest BCUT2D eigenvalue weighted by atomic mass is 10.1. The number of aryl methyl sites for hydroxylation is 2. The van der Waals surface area contributed by atoms with Crippen LogP contribution < -0.4 is 5.32 Å². The monoisotopic (exact) mass is 287 g/mol. The van der Waals surface area contributed by atoms with Crippen molar-refractivity contribution in [3.8, 4) is 6.07 Å². The van der Waals surface area contributed by atoms with Gasteiger partial charge in [0.2, 0.25) is 0 Å². The van der Waals surface area contributed by atoms with E-state index in [1.54, 1.807) is 32.0 Å². The molecule has 0 aliphatic carbocycles.